The third-order valence-corrected chi connectivity index (χ3v) is 2.31. The number of halogens is 1. The Kier molecular flexibility index (Phi) is 3.52. The number of aromatic nitrogens is 2. The van der Waals surface area contributed by atoms with Gasteiger partial charge in [-0.15, -0.1) is 0 Å². The number of nitrogens with zero attached hydrogens (tertiary/aromatic N) is 2. The van der Waals surface area contributed by atoms with E-state index in [2.05, 4.69) is 5.10 Å². The summed E-state index contributed by atoms with van der Waals surface area (Å²) in [5.41, 5.74) is 5.24. The van der Waals surface area contributed by atoms with Gasteiger partial charge in [0.1, 0.15) is 5.69 Å². The first-order chi connectivity index (χ1) is 6.88. The summed E-state index contributed by atoms with van der Waals surface area (Å²) in [6, 6.07) is 0. The lowest BCUT2D eigenvalue weighted by Gasteiger charge is -2.17. The standard InChI is InChI=1S/C10H16ClN3O/c1-4-5-14-8(7(11)6-13-14)9(15)10(2,3)12/h6H,4-5,12H2,1-3H3. The molecule has 1 rings (SSSR count). The van der Waals surface area contributed by atoms with Gasteiger partial charge in [-0.2, -0.15) is 5.10 Å². The van der Waals surface area contributed by atoms with Crippen LogP contribution >= 0.6 is 11.6 Å². The minimum absolute atomic E-state index is 0.182. The Balaban J connectivity index is 3.12. The molecule has 0 radical (unpaired) electrons. The Morgan fingerprint density at radius 2 is 2.27 bits per heavy atom. The van der Waals surface area contributed by atoms with E-state index in [0.717, 1.165) is 6.42 Å². The van der Waals surface area contributed by atoms with Crippen molar-refractivity contribution >= 4 is 17.4 Å². The van der Waals surface area contributed by atoms with Gasteiger partial charge in [0.2, 0.25) is 5.78 Å². The highest BCUT2D eigenvalue weighted by Crippen LogP contribution is 2.20. The van der Waals surface area contributed by atoms with Crippen LogP contribution < -0.4 is 5.73 Å². The van der Waals surface area contributed by atoms with Crippen LogP contribution in [-0.4, -0.2) is 21.1 Å². The molecule has 0 aliphatic carbocycles. The van der Waals surface area contributed by atoms with Crippen molar-refractivity contribution in [3.05, 3.63) is 16.9 Å². The maximum absolute atomic E-state index is 12.0. The number of carbonyl (C=O) groups is 1. The Bertz CT molecular complexity index is 365. The summed E-state index contributed by atoms with van der Waals surface area (Å²) < 4.78 is 1.61. The van der Waals surface area contributed by atoms with Crippen molar-refractivity contribution in [2.75, 3.05) is 0 Å². The van der Waals surface area contributed by atoms with Gasteiger partial charge >= 0.3 is 0 Å². The summed E-state index contributed by atoms with van der Waals surface area (Å²) >= 11 is 5.92. The highest BCUT2D eigenvalue weighted by atomic mass is 35.5. The number of hydrogen-bond donors (Lipinski definition) is 1. The average Bonchev–Trinajstić information content (AvgIpc) is 2.45. The van der Waals surface area contributed by atoms with E-state index >= 15 is 0 Å². The van der Waals surface area contributed by atoms with E-state index in [4.69, 9.17) is 17.3 Å². The first-order valence-electron chi connectivity index (χ1n) is 4.93. The largest absolute Gasteiger partial charge is 0.319 e. The molecule has 4 nitrogen and oxygen atoms in total. The van der Waals surface area contributed by atoms with Gasteiger partial charge in [-0.05, 0) is 20.3 Å². The van der Waals surface area contributed by atoms with Gasteiger partial charge in [-0.1, -0.05) is 18.5 Å². The van der Waals surface area contributed by atoms with E-state index in [1.54, 1.807) is 18.5 Å². The van der Waals surface area contributed by atoms with Crippen LogP contribution in [-0.2, 0) is 6.54 Å². The molecule has 0 aliphatic rings. The van der Waals surface area contributed by atoms with Gasteiger partial charge in [0, 0.05) is 6.54 Å². The molecule has 1 aromatic rings. The minimum Gasteiger partial charge on any atom is -0.319 e. The maximum atomic E-state index is 12.0. The molecule has 5 heteroatoms. The Hall–Kier alpha value is -0.870. The lowest BCUT2D eigenvalue weighted by atomic mass is 9.98. The molecule has 2 N–H and O–H groups in total. The van der Waals surface area contributed by atoms with Gasteiger partial charge in [-0.3, -0.25) is 9.48 Å². The first kappa shape index (κ1) is 12.2. The number of aryl methyl sites for hydroxylation is 1. The Labute approximate surface area is 94.4 Å². The molecule has 0 saturated carbocycles. The number of hydrogen-bond acceptors (Lipinski definition) is 3. The Morgan fingerprint density at radius 1 is 1.67 bits per heavy atom. The van der Waals surface area contributed by atoms with Crippen LogP contribution in [0.15, 0.2) is 6.20 Å². The quantitative estimate of drug-likeness (QED) is 0.802. The minimum atomic E-state index is -0.921. The summed E-state index contributed by atoms with van der Waals surface area (Å²) in [7, 11) is 0. The van der Waals surface area contributed by atoms with Gasteiger partial charge < -0.3 is 5.73 Å². The molecule has 0 saturated heterocycles. The SMILES string of the molecule is CCCn1ncc(Cl)c1C(=O)C(C)(C)N. The molecule has 0 aliphatic heterocycles. The molecule has 0 spiro atoms. The van der Waals surface area contributed by atoms with Crippen LogP contribution in [0.5, 0.6) is 0 Å². The predicted octanol–water partition coefficient (Wildman–Crippen LogP) is 1.87. The number of Topliss-reactive ketones (excluding diaryl/α,β-unsaturated/α-hetero) is 1. The summed E-state index contributed by atoms with van der Waals surface area (Å²) in [4.78, 5) is 12.0. The third-order valence-electron chi connectivity index (χ3n) is 2.03. The molecule has 0 fully saturated rings. The van der Waals surface area contributed by atoms with Crippen LogP contribution in [0.4, 0.5) is 0 Å². The average molecular weight is 230 g/mol. The number of nitrogens with two attached hydrogens (primary N) is 1. The van der Waals surface area contributed by atoms with Gasteiger partial charge in [-0.25, -0.2) is 0 Å². The molecule has 84 valence electrons. The first-order valence-corrected chi connectivity index (χ1v) is 5.30. The van der Waals surface area contributed by atoms with Crippen LogP contribution in [0.2, 0.25) is 5.02 Å². The molecule has 0 amide bonds. The van der Waals surface area contributed by atoms with Crippen molar-refractivity contribution in [3.63, 3.8) is 0 Å². The van der Waals surface area contributed by atoms with Crippen LogP contribution in [0.25, 0.3) is 0 Å². The van der Waals surface area contributed by atoms with Crippen molar-refractivity contribution in [1.82, 2.24) is 9.78 Å². The monoisotopic (exact) mass is 229 g/mol. The van der Waals surface area contributed by atoms with Gasteiger partial charge in [0.25, 0.3) is 0 Å². The molecule has 0 bridgehead atoms. The normalized spacial score (nSPS) is 11.8. The molecule has 1 aromatic heterocycles. The summed E-state index contributed by atoms with van der Waals surface area (Å²) in [6.45, 7) is 6.01. The van der Waals surface area contributed by atoms with Crippen LogP contribution in [0.1, 0.15) is 37.7 Å². The van der Waals surface area contributed by atoms with E-state index in [0.29, 0.717) is 17.3 Å². The van der Waals surface area contributed by atoms with E-state index in [1.165, 1.54) is 6.20 Å². The lowest BCUT2D eigenvalue weighted by molar-refractivity contribution is 0.0902. The second-order valence-corrected chi connectivity index (χ2v) is 4.52. The van der Waals surface area contributed by atoms with Gasteiger partial charge in [0.15, 0.2) is 0 Å². The molecule has 15 heavy (non-hydrogen) atoms. The topological polar surface area (TPSA) is 60.9 Å². The highest BCUT2D eigenvalue weighted by Gasteiger charge is 2.28. The fourth-order valence-corrected chi connectivity index (χ4v) is 1.50. The molecule has 0 atom stereocenters. The number of rotatable bonds is 4. The molecular weight excluding hydrogens is 214 g/mol. The highest BCUT2D eigenvalue weighted by molar-refractivity contribution is 6.34. The van der Waals surface area contributed by atoms with E-state index in [1.807, 2.05) is 6.92 Å². The maximum Gasteiger partial charge on any atom is 0.201 e. The van der Waals surface area contributed by atoms with E-state index in [-0.39, 0.29) is 5.78 Å². The molecule has 1 heterocycles. The molecule has 0 unspecified atom stereocenters. The van der Waals surface area contributed by atoms with Crippen LogP contribution in [0.3, 0.4) is 0 Å². The number of ketones is 1. The van der Waals surface area contributed by atoms with E-state index < -0.39 is 5.54 Å². The summed E-state index contributed by atoms with van der Waals surface area (Å²) in [5, 5.41) is 4.42. The van der Waals surface area contributed by atoms with Crippen molar-refractivity contribution in [3.8, 4) is 0 Å². The second-order valence-electron chi connectivity index (χ2n) is 4.12. The molecule has 0 aromatic carbocycles. The molecular formula is C10H16ClN3O. The zero-order chi connectivity index (χ0) is 11.6. The lowest BCUT2D eigenvalue weighted by Crippen LogP contribution is -2.42. The summed E-state index contributed by atoms with van der Waals surface area (Å²) in [5.74, 6) is -0.182. The third kappa shape index (κ3) is 2.58. The fourth-order valence-electron chi connectivity index (χ4n) is 1.27. The van der Waals surface area contributed by atoms with E-state index in [9.17, 15) is 4.79 Å². The van der Waals surface area contributed by atoms with Crippen molar-refractivity contribution < 1.29 is 4.79 Å². The van der Waals surface area contributed by atoms with Crippen molar-refractivity contribution in [2.24, 2.45) is 5.73 Å². The number of carbonyl (C=O) groups excluding carboxylic acids is 1. The zero-order valence-electron chi connectivity index (χ0n) is 9.25. The Morgan fingerprint density at radius 3 is 2.73 bits per heavy atom. The predicted molar refractivity (Wildman–Crippen MR) is 60.1 cm³/mol. The fraction of sp³-hybridized carbons (Fsp3) is 0.600. The van der Waals surface area contributed by atoms with Crippen molar-refractivity contribution in [2.45, 2.75) is 39.3 Å². The van der Waals surface area contributed by atoms with Gasteiger partial charge in [0.05, 0.1) is 16.8 Å². The van der Waals surface area contributed by atoms with Crippen molar-refractivity contribution in [1.29, 1.82) is 0 Å². The smallest absolute Gasteiger partial charge is 0.201 e. The second kappa shape index (κ2) is 4.33. The zero-order valence-corrected chi connectivity index (χ0v) is 10.0. The summed E-state index contributed by atoms with van der Waals surface area (Å²) in [6.07, 6.45) is 2.37. The van der Waals surface area contributed by atoms with Crippen LogP contribution in [0, 0.1) is 0 Å².